The van der Waals surface area contributed by atoms with Crippen molar-refractivity contribution >= 4 is 21.4 Å². The first-order valence-corrected chi connectivity index (χ1v) is 8.14. The van der Waals surface area contributed by atoms with E-state index in [9.17, 15) is 13.2 Å². The fourth-order valence-corrected chi connectivity index (χ4v) is 2.35. The number of sulfone groups is 1. The van der Waals surface area contributed by atoms with Crippen LogP contribution in [0.25, 0.3) is 0 Å². The Morgan fingerprint density at radius 3 is 2.58 bits per heavy atom. The van der Waals surface area contributed by atoms with E-state index in [1.807, 2.05) is 25.1 Å². The predicted octanol–water partition coefficient (Wildman–Crippen LogP) is 0.721. The minimum Gasteiger partial charge on any atom is -0.330 e. The molecule has 1 aromatic rings. The maximum absolute atomic E-state index is 12.1. The minimum atomic E-state index is -3.33. The van der Waals surface area contributed by atoms with E-state index in [0.29, 0.717) is 25.2 Å². The molecule has 1 amide bonds. The zero-order valence-corrected chi connectivity index (χ0v) is 12.1. The second-order valence-corrected chi connectivity index (χ2v) is 6.74. The zero-order chi connectivity index (χ0) is 14.5. The first kappa shape index (κ1) is 15.7. The van der Waals surface area contributed by atoms with Crippen LogP contribution < -0.4 is 10.6 Å². The molecule has 19 heavy (non-hydrogen) atoms. The van der Waals surface area contributed by atoms with E-state index in [4.69, 9.17) is 5.73 Å². The molecule has 0 radical (unpaired) electrons. The van der Waals surface area contributed by atoms with Gasteiger partial charge in [0.1, 0.15) is 5.75 Å². The number of hydrogen-bond donors (Lipinski definition) is 1. The summed E-state index contributed by atoms with van der Waals surface area (Å²) in [5.74, 6) is -0.896. The van der Waals surface area contributed by atoms with Crippen LogP contribution in [0.4, 0.5) is 5.69 Å². The number of nitrogens with zero attached hydrogens (tertiary/aromatic N) is 1. The number of carbonyl (C=O) groups excluding carboxylic acids is 1. The SMILES string of the molecule is Cc1cccc(N(CCCN)C(=O)CS(C)(=O)=O)c1. The Bertz CT molecular complexity index is 541. The van der Waals surface area contributed by atoms with Gasteiger partial charge in [-0.25, -0.2) is 8.42 Å². The van der Waals surface area contributed by atoms with Crippen LogP contribution in [0.15, 0.2) is 24.3 Å². The quantitative estimate of drug-likeness (QED) is 0.834. The van der Waals surface area contributed by atoms with Crippen molar-refractivity contribution in [3.05, 3.63) is 29.8 Å². The molecule has 0 spiro atoms. The average molecular weight is 284 g/mol. The van der Waals surface area contributed by atoms with Crippen LogP contribution in [0.3, 0.4) is 0 Å². The van der Waals surface area contributed by atoms with Gasteiger partial charge in [0, 0.05) is 18.5 Å². The molecule has 1 aromatic carbocycles. The van der Waals surface area contributed by atoms with Crippen LogP contribution >= 0.6 is 0 Å². The number of carbonyl (C=O) groups is 1. The van der Waals surface area contributed by atoms with Gasteiger partial charge in [-0.1, -0.05) is 12.1 Å². The van der Waals surface area contributed by atoms with Gasteiger partial charge in [0.25, 0.3) is 0 Å². The summed E-state index contributed by atoms with van der Waals surface area (Å²) in [6.07, 6.45) is 1.69. The summed E-state index contributed by atoms with van der Waals surface area (Å²) in [7, 11) is -3.33. The molecule has 2 N–H and O–H groups in total. The minimum absolute atomic E-state index is 0.415. The van der Waals surface area contributed by atoms with Crippen molar-refractivity contribution < 1.29 is 13.2 Å². The van der Waals surface area contributed by atoms with Crippen molar-refractivity contribution in [2.45, 2.75) is 13.3 Å². The van der Waals surface area contributed by atoms with Crippen LogP contribution in [0.1, 0.15) is 12.0 Å². The summed E-state index contributed by atoms with van der Waals surface area (Å²) in [5.41, 5.74) is 7.18. The third-order valence-electron chi connectivity index (χ3n) is 2.59. The normalized spacial score (nSPS) is 11.3. The summed E-state index contributed by atoms with van der Waals surface area (Å²) in [6, 6.07) is 7.42. The molecule has 0 heterocycles. The monoisotopic (exact) mass is 284 g/mol. The van der Waals surface area contributed by atoms with Crippen molar-refractivity contribution in [3.63, 3.8) is 0 Å². The van der Waals surface area contributed by atoms with Gasteiger partial charge in [-0.05, 0) is 37.6 Å². The van der Waals surface area contributed by atoms with Gasteiger partial charge >= 0.3 is 0 Å². The highest BCUT2D eigenvalue weighted by molar-refractivity contribution is 7.91. The highest BCUT2D eigenvalue weighted by Crippen LogP contribution is 2.17. The smallest absolute Gasteiger partial charge is 0.242 e. The Balaban J connectivity index is 2.97. The molecule has 1 rings (SSSR count). The van der Waals surface area contributed by atoms with Gasteiger partial charge in [-0.2, -0.15) is 0 Å². The van der Waals surface area contributed by atoms with Gasteiger partial charge in [0.05, 0.1) is 0 Å². The largest absolute Gasteiger partial charge is 0.330 e. The third-order valence-corrected chi connectivity index (χ3v) is 3.36. The molecule has 0 fully saturated rings. The summed E-state index contributed by atoms with van der Waals surface area (Å²) >= 11 is 0. The lowest BCUT2D eigenvalue weighted by Crippen LogP contribution is -2.37. The van der Waals surface area contributed by atoms with Crippen LogP contribution in [-0.4, -0.2) is 39.4 Å². The lowest BCUT2D eigenvalue weighted by Gasteiger charge is -2.22. The molecule has 0 bridgehead atoms. The highest BCUT2D eigenvalue weighted by atomic mass is 32.2. The molecule has 0 unspecified atom stereocenters. The topological polar surface area (TPSA) is 80.5 Å². The second-order valence-electron chi connectivity index (χ2n) is 4.60. The Labute approximate surface area is 114 Å². The second kappa shape index (κ2) is 6.68. The van der Waals surface area contributed by atoms with E-state index < -0.39 is 21.5 Å². The van der Waals surface area contributed by atoms with E-state index in [2.05, 4.69) is 0 Å². The molecule has 5 nitrogen and oxygen atoms in total. The Kier molecular flexibility index (Phi) is 5.50. The first-order valence-electron chi connectivity index (χ1n) is 6.08. The van der Waals surface area contributed by atoms with Gasteiger partial charge in [0.2, 0.25) is 5.91 Å². The van der Waals surface area contributed by atoms with Gasteiger partial charge < -0.3 is 10.6 Å². The maximum Gasteiger partial charge on any atom is 0.242 e. The highest BCUT2D eigenvalue weighted by Gasteiger charge is 2.19. The molecule has 6 heteroatoms. The van der Waals surface area contributed by atoms with Crippen LogP contribution in [0.2, 0.25) is 0 Å². The van der Waals surface area contributed by atoms with Gasteiger partial charge in [-0.3, -0.25) is 4.79 Å². The van der Waals surface area contributed by atoms with Crippen molar-refractivity contribution in [2.24, 2.45) is 5.73 Å². The number of amides is 1. The number of hydrogen-bond acceptors (Lipinski definition) is 4. The zero-order valence-electron chi connectivity index (χ0n) is 11.3. The molecule has 0 atom stereocenters. The summed E-state index contributed by atoms with van der Waals surface area (Å²) in [5, 5.41) is 0. The van der Waals surface area contributed by atoms with E-state index in [1.165, 1.54) is 4.90 Å². The van der Waals surface area contributed by atoms with Crippen molar-refractivity contribution in [1.82, 2.24) is 0 Å². The molecule has 0 aliphatic rings. The fourth-order valence-electron chi connectivity index (χ4n) is 1.75. The summed E-state index contributed by atoms with van der Waals surface area (Å²) < 4.78 is 22.5. The summed E-state index contributed by atoms with van der Waals surface area (Å²) in [6.45, 7) is 2.80. The molecular weight excluding hydrogens is 264 g/mol. The Morgan fingerprint density at radius 2 is 2.05 bits per heavy atom. The number of rotatable bonds is 6. The standard InChI is InChI=1S/C13H20N2O3S/c1-11-5-3-6-12(9-11)15(8-4-7-14)13(16)10-19(2,17)18/h3,5-6,9H,4,7-8,10,14H2,1-2H3. The van der Waals surface area contributed by atoms with E-state index in [0.717, 1.165) is 11.8 Å². The van der Waals surface area contributed by atoms with Crippen molar-refractivity contribution in [2.75, 3.05) is 30.0 Å². The average Bonchev–Trinajstić information content (AvgIpc) is 2.27. The van der Waals surface area contributed by atoms with Crippen LogP contribution in [-0.2, 0) is 14.6 Å². The molecule has 0 saturated heterocycles. The van der Waals surface area contributed by atoms with Gasteiger partial charge in [0.15, 0.2) is 9.84 Å². The Morgan fingerprint density at radius 1 is 1.37 bits per heavy atom. The number of benzene rings is 1. The molecule has 106 valence electrons. The maximum atomic E-state index is 12.1. The van der Waals surface area contributed by atoms with Crippen LogP contribution in [0.5, 0.6) is 0 Å². The molecule has 0 aromatic heterocycles. The molecule has 0 aliphatic heterocycles. The lowest BCUT2D eigenvalue weighted by atomic mass is 10.2. The molecule has 0 saturated carbocycles. The number of nitrogens with two attached hydrogens (primary N) is 1. The molecular formula is C13H20N2O3S. The van der Waals surface area contributed by atoms with E-state index >= 15 is 0 Å². The van der Waals surface area contributed by atoms with Crippen LogP contribution in [0, 0.1) is 6.92 Å². The fraction of sp³-hybridized carbons (Fsp3) is 0.462. The first-order chi connectivity index (χ1) is 8.83. The van der Waals surface area contributed by atoms with E-state index in [-0.39, 0.29) is 0 Å². The van der Waals surface area contributed by atoms with Crippen molar-refractivity contribution in [3.8, 4) is 0 Å². The number of aryl methyl sites for hydroxylation is 1. The third kappa shape index (κ3) is 5.40. The summed E-state index contributed by atoms with van der Waals surface area (Å²) in [4.78, 5) is 13.6. The lowest BCUT2D eigenvalue weighted by molar-refractivity contribution is -0.116. The van der Waals surface area contributed by atoms with E-state index in [1.54, 1.807) is 6.07 Å². The number of anilines is 1. The molecule has 0 aliphatic carbocycles. The van der Waals surface area contributed by atoms with Gasteiger partial charge in [-0.15, -0.1) is 0 Å². The van der Waals surface area contributed by atoms with Crippen molar-refractivity contribution in [1.29, 1.82) is 0 Å². The predicted molar refractivity (Wildman–Crippen MR) is 76.9 cm³/mol. The Hall–Kier alpha value is -1.40.